The molecule has 0 aliphatic carbocycles. The van der Waals surface area contributed by atoms with Gasteiger partial charge in [0.05, 0.1) is 6.10 Å². The summed E-state index contributed by atoms with van der Waals surface area (Å²) < 4.78 is 36.6. The van der Waals surface area contributed by atoms with E-state index < -0.39 is 21.3 Å². The quantitative estimate of drug-likeness (QED) is 0.775. The molecule has 0 aliphatic rings. The highest BCUT2D eigenvalue weighted by Gasteiger charge is 2.31. The summed E-state index contributed by atoms with van der Waals surface area (Å²) in [6.45, 7) is 3.61. The maximum absolute atomic E-state index is 11.1. The Morgan fingerprint density at radius 1 is 1.39 bits per heavy atom. The maximum Gasteiger partial charge on any atom is 0.281 e. The lowest BCUT2D eigenvalue weighted by atomic mass is 10.1. The van der Waals surface area contributed by atoms with E-state index in [-0.39, 0.29) is 11.7 Å². The average molecular weight is 273 g/mol. The molecule has 0 bridgehead atoms. The van der Waals surface area contributed by atoms with Gasteiger partial charge >= 0.3 is 0 Å². The largest absolute Gasteiger partial charge is 0.491 e. The summed E-state index contributed by atoms with van der Waals surface area (Å²) in [6.07, 6.45) is -0.0991. The number of carbonyl (C=O) groups is 1. The van der Waals surface area contributed by atoms with Crippen molar-refractivity contribution in [1.29, 1.82) is 0 Å². The Kier molecular flexibility index (Phi) is 4.31. The van der Waals surface area contributed by atoms with E-state index in [4.69, 9.17) is 15.0 Å². The van der Waals surface area contributed by atoms with Crippen LogP contribution in [-0.2, 0) is 14.9 Å². The topological polar surface area (TPSA) is 107 Å². The van der Waals surface area contributed by atoms with Gasteiger partial charge < -0.3 is 10.5 Å². The molecule has 1 aromatic carbocycles. The number of rotatable bonds is 5. The molecule has 1 amide bonds. The molecule has 0 heterocycles. The number of nitrogens with two attached hydrogens (primary N) is 1. The summed E-state index contributed by atoms with van der Waals surface area (Å²) in [6, 6.07) is 5.89. The molecule has 0 fully saturated rings. The fraction of sp³-hybridized carbons (Fsp3) is 0.364. The average Bonchev–Trinajstić information content (AvgIpc) is 2.13. The Morgan fingerprint density at radius 2 is 2.00 bits per heavy atom. The van der Waals surface area contributed by atoms with Gasteiger partial charge in [0.25, 0.3) is 10.1 Å². The summed E-state index contributed by atoms with van der Waals surface area (Å²) in [5.74, 6) is -0.739. The molecule has 0 spiro atoms. The van der Waals surface area contributed by atoms with Gasteiger partial charge in [0.2, 0.25) is 5.91 Å². The van der Waals surface area contributed by atoms with Crippen molar-refractivity contribution < 1.29 is 22.5 Å². The van der Waals surface area contributed by atoms with Gasteiger partial charge in [-0.1, -0.05) is 12.1 Å². The minimum absolute atomic E-state index is 0.0724. The molecule has 100 valence electrons. The van der Waals surface area contributed by atoms with E-state index in [1.165, 1.54) is 18.2 Å². The molecule has 1 aromatic rings. The predicted molar refractivity (Wildman–Crippen MR) is 65.7 cm³/mol. The first kappa shape index (κ1) is 14.5. The van der Waals surface area contributed by atoms with Crippen LogP contribution in [0.25, 0.3) is 0 Å². The Balaban J connectivity index is 3.18. The highest BCUT2D eigenvalue weighted by molar-refractivity contribution is 7.86. The number of benzene rings is 1. The number of hydrogen-bond acceptors (Lipinski definition) is 4. The number of amides is 1. The van der Waals surface area contributed by atoms with E-state index in [1.54, 1.807) is 19.9 Å². The van der Waals surface area contributed by atoms with Crippen LogP contribution in [0, 0.1) is 0 Å². The maximum atomic E-state index is 11.1. The summed E-state index contributed by atoms with van der Waals surface area (Å²) >= 11 is 0. The minimum atomic E-state index is -4.59. The summed E-state index contributed by atoms with van der Waals surface area (Å²) in [4.78, 5) is 11.1. The number of hydrogen-bond donors (Lipinski definition) is 2. The van der Waals surface area contributed by atoms with Crippen LogP contribution in [0.5, 0.6) is 5.75 Å². The molecule has 18 heavy (non-hydrogen) atoms. The Morgan fingerprint density at radius 3 is 2.44 bits per heavy atom. The molecule has 1 unspecified atom stereocenters. The van der Waals surface area contributed by atoms with E-state index in [1.807, 2.05) is 0 Å². The number of carbonyl (C=O) groups excluding carboxylic acids is 1. The summed E-state index contributed by atoms with van der Waals surface area (Å²) in [5, 5.41) is -1.78. The zero-order valence-electron chi connectivity index (χ0n) is 10.0. The molecule has 0 saturated heterocycles. The van der Waals surface area contributed by atoms with Crippen LogP contribution in [0.3, 0.4) is 0 Å². The van der Waals surface area contributed by atoms with E-state index in [9.17, 15) is 13.2 Å². The van der Waals surface area contributed by atoms with Crippen LogP contribution in [0.4, 0.5) is 0 Å². The van der Waals surface area contributed by atoms with Gasteiger partial charge in [-0.15, -0.1) is 0 Å². The zero-order chi connectivity index (χ0) is 13.9. The lowest BCUT2D eigenvalue weighted by Crippen LogP contribution is -2.28. The second kappa shape index (κ2) is 5.36. The second-order valence-corrected chi connectivity index (χ2v) is 5.54. The van der Waals surface area contributed by atoms with Crippen LogP contribution in [-0.4, -0.2) is 25.0 Å². The monoisotopic (exact) mass is 273 g/mol. The van der Waals surface area contributed by atoms with E-state index in [0.29, 0.717) is 5.75 Å². The highest BCUT2D eigenvalue weighted by Crippen LogP contribution is 2.25. The van der Waals surface area contributed by atoms with Crippen molar-refractivity contribution in [2.45, 2.75) is 25.2 Å². The Hall–Kier alpha value is -1.60. The van der Waals surface area contributed by atoms with Crippen LogP contribution in [0.2, 0.25) is 0 Å². The number of ether oxygens (including phenoxy) is 1. The van der Waals surface area contributed by atoms with Crippen LogP contribution in [0.1, 0.15) is 24.7 Å². The standard InChI is InChI=1S/C11H15NO5S/c1-7(2)17-9-5-3-4-8(6-9)10(11(12)13)18(14,15)16/h3-7,10H,1-2H3,(H2,12,13)(H,14,15,16). The van der Waals surface area contributed by atoms with Gasteiger partial charge in [0.1, 0.15) is 5.75 Å². The molecule has 0 radical (unpaired) electrons. The van der Waals surface area contributed by atoms with Gasteiger partial charge in [-0.2, -0.15) is 8.42 Å². The summed E-state index contributed by atoms with van der Waals surface area (Å²) in [7, 11) is -4.59. The molecule has 1 rings (SSSR count). The Labute approximate surface area is 105 Å². The lowest BCUT2D eigenvalue weighted by molar-refractivity contribution is -0.117. The summed E-state index contributed by atoms with van der Waals surface area (Å²) in [5.41, 5.74) is 5.06. The van der Waals surface area contributed by atoms with Crippen molar-refractivity contribution in [3.05, 3.63) is 29.8 Å². The smallest absolute Gasteiger partial charge is 0.281 e. The number of primary amides is 1. The molecular weight excluding hydrogens is 258 g/mol. The van der Waals surface area contributed by atoms with Crippen LogP contribution in [0.15, 0.2) is 24.3 Å². The van der Waals surface area contributed by atoms with E-state index in [2.05, 4.69) is 0 Å². The van der Waals surface area contributed by atoms with Gasteiger partial charge in [0.15, 0.2) is 5.25 Å². The fourth-order valence-corrected chi connectivity index (χ4v) is 2.29. The van der Waals surface area contributed by atoms with Crippen molar-refractivity contribution >= 4 is 16.0 Å². The molecule has 7 heteroatoms. The van der Waals surface area contributed by atoms with Gasteiger partial charge in [-0.25, -0.2) is 0 Å². The minimum Gasteiger partial charge on any atom is -0.491 e. The SMILES string of the molecule is CC(C)Oc1cccc(C(C(N)=O)S(=O)(=O)O)c1. The van der Waals surface area contributed by atoms with E-state index in [0.717, 1.165) is 0 Å². The molecule has 6 nitrogen and oxygen atoms in total. The predicted octanol–water partition coefficient (Wildman–Crippen LogP) is 0.888. The van der Waals surface area contributed by atoms with Crippen LogP contribution >= 0.6 is 0 Å². The van der Waals surface area contributed by atoms with Crippen molar-refractivity contribution in [3.63, 3.8) is 0 Å². The fourth-order valence-electron chi connectivity index (χ4n) is 1.51. The molecule has 0 aliphatic heterocycles. The van der Waals surface area contributed by atoms with Crippen molar-refractivity contribution in [1.82, 2.24) is 0 Å². The third kappa shape index (κ3) is 3.71. The first-order chi connectivity index (χ1) is 8.21. The van der Waals surface area contributed by atoms with Gasteiger partial charge in [-0.05, 0) is 31.5 Å². The normalized spacial score (nSPS) is 13.3. The third-order valence-electron chi connectivity index (χ3n) is 2.09. The first-order valence-electron chi connectivity index (χ1n) is 5.24. The molecule has 3 N–H and O–H groups in total. The van der Waals surface area contributed by atoms with Crippen molar-refractivity contribution in [2.24, 2.45) is 5.73 Å². The second-order valence-electron chi connectivity index (χ2n) is 4.04. The third-order valence-corrected chi connectivity index (χ3v) is 3.19. The van der Waals surface area contributed by atoms with Gasteiger partial charge in [-0.3, -0.25) is 9.35 Å². The highest BCUT2D eigenvalue weighted by atomic mass is 32.2. The molecule has 0 aromatic heterocycles. The first-order valence-corrected chi connectivity index (χ1v) is 6.74. The Bertz CT molecular complexity index is 538. The van der Waals surface area contributed by atoms with Crippen molar-refractivity contribution in [2.75, 3.05) is 0 Å². The van der Waals surface area contributed by atoms with Gasteiger partial charge in [0, 0.05) is 0 Å². The lowest BCUT2D eigenvalue weighted by Gasteiger charge is -2.14. The zero-order valence-corrected chi connectivity index (χ0v) is 10.8. The van der Waals surface area contributed by atoms with E-state index >= 15 is 0 Å². The van der Waals surface area contributed by atoms with Crippen LogP contribution < -0.4 is 10.5 Å². The molecule has 1 atom stereocenters. The van der Waals surface area contributed by atoms with Crippen molar-refractivity contribution in [3.8, 4) is 5.75 Å². The molecule has 0 saturated carbocycles. The molecular formula is C11H15NO5S.